The first-order valence-electron chi connectivity index (χ1n) is 8.91. The smallest absolute Gasteiger partial charge is 0.303 e. The first kappa shape index (κ1) is 22.1. The van der Waals surface area contributed by atoms with Crippen LogP contribution in [0.25, 0.3) is 0 Å². The van der Waals surface area contributed by atoms with Crippen LogP contribution in [0.5, 0.6) is 0 Å². The van der Waals surface area contributed by atoms with Gasteiger partial charge in [0.25, 0.3) is 0 Å². The zero-order valence-corrected chi connectivity index (χ0v) is 14.4. The highest BCUT2D eigenvalue weighted by Gasteiger charge is 2.13. The molecule has 0 amide bonds. The van der Waals surface area contributed by atoms with Crippen LogP contribution in [0.3, 0.4) is 0 Å². The van der Waals surface area contributed by atoms with E-state index in [9.17, 15) is 20.1 Å². The highest BCUT2D eigenvalue weighted by atomic mass is 16.4. The third kappa shape index (κ3) is 14.4. The highest BCUT2D eigenvalue weighted by molar-refractivity contribution is 5.66. The molecule has 0 saturated carbocycles. The van der Waals surface area contributed by atoms with Crippen LogP contribution in [-0.4, -0.2) is 44.7 Å². The van der Waals surface area contributed by atoms with E-state index in [1.165, 1.54) is 37.8 Å². The van der Waals surface area contributed by atoms with Crippen molar-refractivity contribution in [1.29, 1.82) is 0 Å². The quantitative estimate of drug-likeness (QED) is 0.273. The number of carbonyl (C=O) groups is 1. The van der Waals surface area contributed by atoms with Crippen molar-refractivity contribution in [1.82, 2.24) is 0 Å². The molecule has 0 saturated heterocycles. The fourth-order valence-electron chi connectivity index (χ4n) is 2.40. The molecule has 0 radical (unpaired) electrons. The number of unbranched alkanes of at least 4 members (excludes halogenated alkanes) is 6. The first-order chi connectivity index (χ1) is 11.0. The van der Waals surface area contributed by atoms with Crippen molar-refractivity contribution >= 4 is 5.97 Å². The zero-order chi connectivity index (χ0) is 17.5. The molecule has 0 bridgehead atoms. The second-order valence-corrected chi connectivity index (χ2v) is 6.21. The summed E-state index contributed by atoms with van der Waals surface area (Å²) in [5.74, 6) is -0.830. The molecule has 5 nitrogen and oxygen atoms in total. The number of rotatable bonds is 15. The van der Waals surface area contributed by atoms with Crippen LogP contribution >= 0.6 is 0 Å². The number of hydrogen-bond acceptors (Lipinski definition) is 4. The van der Waals surface area contributed by atoms with Gasteiger partial charge >= 0.3 is 5.97 Å². The predicted molar refractivity (Wildman–Crippen MR) is 91.3 cm³/mol. The van der Waals surface area contributed by atoms with Crippen molar-refractivity contribution in [3.05, 3.63) is 12.2 Å². The summed E-state index contributed by atoms with van der Waals surface area (Å²) in [5.41, 5.74) is 0. The summed E-state index contributed by atoms with van der Waals surface area (Å²) < 4.78 is 0. The molecule has 23 heavy (non-hydrogen) atoms. The van der Waals surface area contributed by atoms with Gasteiger partial charge in [0, 0.05) is 6.42 Å². The minimum absolute atomic E-state index is 0.107. The number of carboxylic acids is 1. The van der Waals surface area contributed by atoms with Crippen LogP contribution in [0.4, 0.5) is 0 Å². The lowest BCUT2D eigenvalue weighted by atomic mass is 10.0. The zero-order valence-electron chi connectivity index (χ0n) is 14.4. The lowest BCUT2D eigenvalue weighted by Gasteiger charge is -2.15. The number of aliphatic hydroxyl groups excluding tert-OH is 3. The van der Waals surface area contributed by atoms with E-state index < -0.39 is 24.3 Å². The Hall–Kier alpha value is -0.910. The third-order valence-corrected chi connectivity index (χ3v) is 3.92. The van der Waals surface area contributed by atoms with Crippen LogP contribution in [-0.2, 0) is 4.79 Å². The Morgan fingerprint density at radius 2 is 1.48 bits per heavy atom. The normalized spacial score (nSPS) is 15.7. The minimum Gasteiger partial charge on any atom is -0.481 e. The van der Waals surface area contributed by atoms with Crippen LogP contribution < -0.4 is 0 Å². The minimum atomic E-state index is -0.959. The largest absolute Gasteiger partial charge is 0.481 e. The molecule has 5 heteroatoms. The summed E-state index contributed by atoms with van der Waals surface area (Å²) in [4.78, 5) is 10.4. The lowest BCUT2D eigenvalue weighted by Crippen LogP contribution is -2.24. The van der Waals surface area contributed by atoms with Crippen LogP contribution in [0.15, 0.2) is 12.2 Å². The monoisotopic (exact) mass is 330 g/mol. The molecule has 1 unspecified atom stereocenters. The van der Waals surface area contributed by atoms with Gasteiger partial charge in [0.15, 0.2) is 0 Å². The lowest BCUT2D eigenvalue weighted by molar-refractivity contribution is -0.137. The molecule has 0 rings (SSSR count). The maximum Gasteiger partial charge on any atom is 0.303 e. The molecular formula is C18H34O5. The van der Waals surface area contributed by atoms with Crippen molar-refractivity contribution in [3.63, 3.8) is 0 Å². The fourth-order valence-corrected chi connectivity index (χ4v) is 2.40. The van der Waals surface area contributed by atoms with Gasteiger partial charge in [-0.25, -0.2) is 0 Å². The van der Waals surface area contributed by atoms with Crippen molar-refractivity contribution in [2.24, 2.45) is 0 Å². The van der Waals surface area contributed by atoms with Gasteiger partial charge in [-0.15, -0.1) is 0 Å². The van der Waals surface area contributed by atoms with Crippen LogP contribution in [0.2, 0.25) is 0 Å². The predicted octanol–water partition coefficient (Wildman–Crippen LogP) is 3.02. The Labute approximate surface area is 140 Å². The highest BCUT2D eigenvalue weighted by Crippen LogP contribution is 2.12. The van der Waals surface area contributed by atoms with Crippen LogP contribution in [0, 0.1) is 0 Å². The van der Waals surface area contributed by atoms with Gasteiger partial charge in [-0.1, -0.05) is 57.6 Å². The maximum atomic E-state index is 10.4. The summed E-state index contributed by atoms with van der Waals surface area (Å²) in [5, 5.41) is 37.9. The molecule has 0 aliphatic rings. The third-order valence-electron chi connectivity index (χ3n) is 3.92. The van der Waals surface area contributed by atoms with Crippen molar-refractivity contribution in [2.45, 2.75) is 95.9 Å². The molecule has 0 fully saturated rings. The number of aliphatic carboxylic acids is 1. The summed E-state index contributed by atoms with van der Waals surface area (Å²) in [7, 11) is 0. The molecule has 0 aliphatic carbocycles. The molecule has 4 N–H and O–H groups in total. The van der Waals surface area contributed by atoms with E-state index >= 15 is 0 Å². The van der Waals surface area contributed by atoms with Crippen LogP contribution in [0.1, 0.15) is 77.6 Å². The summed E-state index contributed by atoms with van der Waals surface area (Å²) in [6.45, 7) is 2.17. The van der Waals surface area contributed by atoms with Gasteiger partial charge in [-0.2, -0.15) is 0 Å². The second-order valence-electron chi connectivity index (χ2n) is 6.21. The van der Waals surface area contributed by atoms with E-state index in [0.29, 0.717) is 25.7 Å². The second kappa shape index (κ2) is 14.7. The van der Waals surface area contributed by atoms with E-state index in [2.05, 4.69) is 6.92 Å². The molecule has 0 aromatic heterocycles. The first-order valence-corrected chi connectivity index (χ1v) is 8.91. The van der Waals surface area contributed by atoms with E-state index in [1.54, 1.807) is 0 Å². The molecular weight excluding hydrogens is 296 g/mol. The Morgan fingerprint density at radius 1 is 0.870 bits per heavy atom. The Morgan fingerprint density at radius 3 is 2.13 bits per heavy atom. The van der Waals surface area contributed by atoms with Crippen molar-refractivity contribution in [3.8, 4) is 0 Å². The standard InChI is InChI=1S/C18H34O5/c1-2-3-4-5-6-7-11-16(20)17(21)14-13-15(19)10-8-9-12-18(22)23/h13-17,19-21H,2-12H2,1H3,(H,22,23)/b14-13+/t15?,16-,17-/m1/s1. The molecule has 0 aliphatic heterocycles. The Bertz CT molecular complexity index is 317. The van der Waals surface area contributed by atoms with E-state index in [4.69, 9.17) is 5.11 Å². The van der Waals surface area contributed by atoms with Crippen molar-refractivity contribution < 1.29 is 25.2 Å². The summed E-state index contributed by atoms with van der Waals surface area (Å²) in [6.07, 6.45) is 9.56. The van der Waals surface area contributed by atoms with E-state index in [1.807, 2.05) is 0 Å². The van der Waals surface area contributed by atoms with Gasteiger partial charge in [0.2, 0.25) is 0 Å². The topological polar surface area (TPSA) is 98.0 Å². The molecule has 0 spiro atoms. The average molecular weight is 330 g/mol. The maximum absolute atomic E-state index is 10.4. The van der Waals surface area contributed by atoms with Gasteiger partial charge in [-0.3, -0.25) is 4.79 Å². The van der Waals surface area contributed by atoms with E-state index in [0.717, 1.165) is 12.8 Å². The molecule has 0 aromatic carbocycles. The molecule has 3 atom stereocenters. The van der Waals surface area contributed by atoms with Gasteiger partial charge in [-0.05, 0) is 25.7 Å². The molecule has 0 heterocycles. The number of aliphatic hydroxyl groups is 3. The summed E-state index contributed by atoms with van der Waals surface area (Å²) >= 11 is 0. The Kier molecular flexibility index (Phi) is 14.1. The van der Waals surface area contributed by atoms with E-state index in [-0.39, 0.29) is 6.42 Å². The molecule has 0 aromatic rings. The van der Waals surface area contributed by atoms with Gasteiger partial charge in [0.05, 0.1) is 18.3 Å². The number of hydrogen-bond donors (Lipinski definition) is 4. The number of carboxylic acid groups (broad SMARTS) is 1. The Balaban J connectivity index is 3.74. The molecule has 136 valence electrons. The SMILES string of the molecule is CCCCCCCC[C@@H](O)[C@H](O)/C=C/C(O)CCCCC(=O)O. The van der Waals surface area contributed by atoms with Gasteiger partial charge < -0.3 is 20.4 Å². The summed E-state index contributed by atoms with van der Waals surface area (Å²) in [6, 6.07) is 0. The van der Waals surface area contributed by atoms with Crippen molar-refractivity contribution in [2.75, 3.05) is 0 Å². The van der Waals surface area contributed by atoms with Gasteiger partial charge in [0.1, 0.15) is 0 Å². The fraction of sp³-hybridized carbons (Fsp3) is 0.833. The average Bonchev–Trinajstić information content (AvgIpc) is 2.52.